The molecule has 1 aliphatic heterocycles. The normalized spacial score (nSPS) is 17.5. The van der Waals surface area contributed by atoms with Crippen LogP contribution in [0, 0.1) is 0 Å². The number of imidazole rings is 1. The zero-order valence-corrected chi connectivity index (χ0v) is 14.1. The van der Waals surface area contributed by atoms with Crippen LogP contribution < -0.4 is 10.6 Å². The van der Waals surface area contributed by atoms with Crippen LogP contribution in [0.2, 0.25) is 0 Å². The number of anilines is 1. The molecule has 0 unspecified atom stereocenters. The summed E-state index contributed by atoms with van der Waals surface area (Å²) in [4.78, 5) is 7.29. The summed E-state index contributed by atoms with van der Waals surface area (Å²) < 4.78 is 2.33. The first-order valence-electron chi connectivity index (χ1n) is 8.46. The molecule has 4 nitrogen and oxygen atoms in total. The summed E-state index contributed by atoms with van der Waals surface area (Å²) in [6, 6.07) is 8.72. The van der Waals surface area contributed by atoms with Crippen molar-refractivity contribution in [2.45, 2.75) is 39.3 Å². The van der Waals surface area contributed by atoms with Gasteiger partial charge < -0.3 is 15.2 Å². The van der Waals surface area contributed by atoms with Crippen LogP contribution in [0.4, 0.5) is 5.95 Å². The number of rotatable bonds is 4. The van der Waals surface area contributed by atoms with Gasteiger partial charge in [-0.2, -0.15) is 0 Å². The molecule has 0 amide bonds. The first-order chi connectivity index (χ1) is 11.2. The van der Waals surface area contributed by atoms with E-state index in [1.165, 1.54) is 11.1 Å². The van der Waals surface area contributed by atoms with Gasteiger partial charge in [0.15, 0.2) is 0 Å². The smallest absolute Gasteiger partial charge is 0.206 e. The monoisotopic (exact) mass is 310 g/mol. The lowest BCUT2D eigenvalue weighted by atomic mass is 10.1. The molecule has 2 N–H and O–H groups in total. The summed E-state index contributed by atoms with van der Waals surface area (Å²) in [6.45, 7) is 6.97. The molecule has 3 rings (SSSR count). The van der Waals surface area contributed by atoms with Crippen molar-refractivity contribution < 1.29 is 0 Å². The number of hydrogen-bond donors (Lipinski definition) is 1. The van der Waals surface area contributed by atoms with Crippen molar-refractivity contribution in [3.63, 3.8) is 0 Å². The largest absolute Gasteiger partial charge is 0.342 e. The van der Waals surface area contributed by atoms with E-state index in [-0.39, 0.29) is 0 Å². The molecule has 0 saturated carbocycles. The Morgan fingerprint density at radius 2 is 2.00 bits per heavy atom. The van der Waals surface area contributed by atoms with Crippen molar-refractivity contribution >= 4 is 17.0 Å². The molecule has 1 aromatic heterocycles. The number of hydrogen-bond acceptors (Lipinski definition) is 3. The standard InChI is InChI=1S/C19H26N4/c1-3-7-15(4-2)14-23-18-9-6-5-8-17(18)21-19(23)22-12-10-16(20)11-13-22/h3-9,16H,10-14,20H2,1-2H3/b7-3-,15-4+. The maximum absolute atomic E-state index is 6.06. The molecular formula is C19H26N4. The number of para-hydroxylation sites is 2. The third kappa shape index (κ3) is 3.32. The van der Waals surface area contributed by atoms with Gasteiger partial charge in [0.05, 0.1) is 17.6 Å². The number of benzene rings is 1. The van der Waals surface area contributed by atoms with E-state index in [2.05, 4.69) is 65.8 Å². The molecule has 1 saturated heterocycles. The van der Waals surface area contributed by atoms with E-state index in [1.807, 2.05) is 0 Å². The minimum Gasteiger partial charge on any atom is -0.342 e. The van der Waals surface area contributed by atoms with Gasteiger partial charge in [0.2, 0.25) is 5.95 Å². The van der Waals surface area contributed by atoms with Crippen LogP contribution in [0.1, 0.15) is 26.7 Å². The average Bonchev–Trinajstić information content (AvgIpc) is 2.94. The Morgan fingerprint density at radius 1 is 1.26 bits per heavy atom. The number of nitrogens with zero attached hydrogens (tertiary/aromatic N) is 3. The maximum Gasteiger partial charge on any atom is 0.206 e. The molecule has 122 valence electrons. The van der Waals surface area contributed by atoms with E-state index < -0.39 is 0 Å². The lowest BCUT2D eigenvalue weighted by Gasteiger charge is -2.31. The van der Waals surface area contributed by atoms with Gasteiger partial charge >= 0.3 is 0 Å². The Bertz CT molecular complexity index is 718. The Hall–Kier alpha value is -2.07. The number of aromatic nitrogens is 2. The van der Waals surface area contributed by atoms with Crippen LogP contribution in [0.5, 0.6) is 0 Å². The van der Waals surface area contributed by atoms with Crippen LogP contribution in [0.25, 0.3) is 11.0 Å². The molecule has 2 heterocycles. The van der Waals surface area contributed by atoms with Crippen LogP contribution in [-0.4, -0.2) is 28.7 Å². The van der Waals surface area contributed by atoms with E-state index >= 15 is 0 Å². The van der Waals surface area contributed by atoms with Crippen molar-refractivity contribution in [1.82, 2.24) is 9.55 Å². The highest BCUT2D eigenvalue weighted by atomic mass is 15.3. The SMILES string of the molecule is C/C=C\C(=C/C)Cn1c(N2CCC(N)CC2)nc2ccccc21. The van der Waals surface area contributed by atoms with Gasteiger partial charge in [-0.25, -0.2) is 4.98 Å². The molecule has 1 aliphatic rings. The number of piperidine rings is 1. The predicted molar refractivity (Wildman–Crippen MR) is 97.7 cm³/mol. The molecule has 2 aromatic rings. The Morgan fingerprint density at radius 3 is 2.70 bits per heavy atom. The van der Waals surface area contributed by atoms with Crippen molar-refractivity contribution in [3.05, 3.63) is 48.1 Å². The molecule has 0 atom stereocenters. The fourth-order valence-corrected chi connectivity index (χ4v) is 3.20. The van der Waals surface area contributed by atoms with Crippen LogP contribution in [-0.2, 0) is 6.54 Å². The quantitative estimate of drug-likeness (QED) is 0.879. The summed E-state index contributed by atoms with van der Waals surface area (Å²) >= 11 is 0. The van der Waals surface area contributed by atoms with Crippen molar-refractivity contribution in [1.29, 1.82) is 0 Å². The Balaban J connectivity index is 2.01. The summed E-state index contributed by atoms with van der Waals surface area (Å²) in [5, 5.41) is 0. The van der Waals surface area contributed by atoms with Crippen LogP contribution in [0.15, 0.2) is 48.1 Å². The van der Waals surface area contributed by atoms with Crippen molar-refractivity contribution in [3.8, 4) is 0 Å². The molecule has 0 aliphatic carbocycles. The van der Waals surface area contributed by atoms with Gasteiger partial charge in [-0.1, -0.05) is 30.4 Å². The predicted octanol–water partition coefficient (Wildman–Crippen LogP) is 3.49. The highest BCUT2D eigenvalue weighted by Gasteiger charge is 2.22. The highest BCUT2D eigenvalue weighted by molar-refractivity contribution is 5.79. The summed E-state index contributed by atoms with van der Waals surface area (Å²) in [7, 11) is 0. The molecular weight excluding hydrogens is 284 g/mol. The van der Waals surface area contributed by atoms with Crippen molar-refractivity contribution in [2.75, 3.05) is 18.0 Å². The number of allylic oxidation sites excluding steroid dienone is 4. The maximum atomic E-state index is 6.06. The summed E-state index contributed by atoms with van der Waals surface area (Å²) in [5.74, 6) is 1.07. The average molecular weight is 310 g/mol. The third-order valence-corrected chi connectivity index (χ3v) is 4.55. The van der Waals surface area contributed by atoms with E-state index in [0.29, 0.717) is 6.04 Å². The molecule has 1 aromatic carbocycles. The Labute approximate surface area is 138 Å². The van der Waals surface area contributed by atoms with Gasteiger partial charge in [-0.15, -0.1) is 0 Å². The third-order valence-electron chi connectivity index (χ3n) is 4.55. The second kappa shape index (κ2) is 7.01. The van der Waals surface area contributed by atoms with Crippen molar-refractivity contribution in [2.24, 2.45) is 5.73 Å². The van der Waals surface area contributed by atoms with Gasteiger partial charge in [-0.05, 0) is 44.4 Å². The number of fused-ring (bicyclic) bond motifs is 1. The summed E-state index contributed by atoms with van der Waals surface area (Å²) in [6.07, 6.45) is 8.51. The zero-order chi connectivity index (χ0) is 16.2. The second-order valence-electron chi connectivity index (χ2n) is 6.17. The molecule has 4 heteroatoms. The fourth-order valence-electron chi connectivity index (χ4n) is 3.20. The highest BCUT2D eigenvalue weighted by Crippen LogP contribution is 2.26. The summed E-state index contributed by atoms with van der Waals surface area (Å²) in [5.41, 5.74) is 9.61. The lowest BCUT2D eigenvalue weighted by Crippen LogP contribution is -2.40. The molecule has 0 spiro atoms. The topological polar surface area (TPSA) is 47.1 Å². The van der Waals surface area contributed by atoms with Crippen LogP contribution in [0.3, 0.4) is 0 Å². The number of nitrogens with two attached hydrogens (primary N) is 1. The minimum atomic E-state index is 0.332. The lowest BCUT2D eigenvalue weighted by molar-refractivity contribution is 0.491. The van der Waals surface area contributed by atoms with Gasteiger partial charge in [-0.3, -0.25) is 0 Å². The fraction of sp³-hybridized carbons (Fsp3) is 0.421. The second-order valence-corrected chi connectivity index (χ2v) is 6.17. The first-order valence-corrected chi connectivity index (χ1v) is 8.46. The van der Waals surface area contributed by atoms with E-state index in [0.717, 1.165) is 43.9 Å². The van der Waals surface area contributed by atoms with Gasteiger partial charge in [0, 0.05) is 19.1 Å². The molecule has 0 radical (unpaired) electrons. The Kier molecular flexibility index (Phi) is 4.82. The van der Waals surface area contributed by atoms with Crippen LogP contribution >= 0.6 is 0 Å². The van der Waals surface area contributed by atoms with E-state index in [1.54, 1.807) is 0 Å². The zero-order valence-electron chi connectivity index (χ0n) is 14.1. The minimum absolute atomic E-state index is 0.332. The van der Waals surface area contributed by atoms with E-state index in [4.69, 9.17) is 10.7 Å². The molecule has 0 bridgehead atoms. The molecule has 23 heavy (non-hydrogen) atoms. The van der Waals surface area contributed by atoms with Gasteiger partial charge in [0.1, 0.15) is 0 Å². The first kappa shape index (κ1) is 15.8. The van der Waals surface area contributed by atoms with Gasteiger partial charge in [0.25, 0.3) is 0 Å². The molecule has 1 fully saturated rings. The van der Waals surface area contributed by atoms with E-state index in [9.17, 15) is 0 Å².